The van der Waals surface area contributed by atoms with E-state index in [1.165, 1.54) is 11.3 Å². The van der Waals surface area contributed by atoms with E-state index in [9.17, 15) is 4.79 Å². The number of hydrogen-bond acceptors (Lipinski definition) is 4. The maximum atomic E-state index is 12.7. The van der Waals surface area contributed by atoms with E-state index in [1.807, 2.05) is 12.1 Å². The van der Waals surface area contributed by atoms with Gasteiger partial charge in [-0.1, -0.05) is 46.7 Å². The number of nitrogen functional groups attached to an aromatic ring is 1. The molecule has 3 rings (SSSR count). The summed E-state index contributed by atoms with van der Waals surface area (Å²) in [6.07, 6.45) is 0. The summed E-state index contributed by atoms with van der Waals surface area (Å²) in [5.41, 5.74) is 7.71. The molecule has 0 atom stereocenters. The molecule has 2 N–H and O–H groups in total. The number of rotatable bonds is 3. The van der Waals surface area contributed by atoms with Crippen LogP contribution in [0.5, 0.6) is 0 Å². The highest BCUT2D eigenvalue weighted by Gasteiger charge is 2.20. The average molecular weight is 349 g/mol. The van der Waals surface area contributed by atoms with Crippen molar-refractivity contribution in [3.63, 3.8) is 0 Å². The Morgan fingerprint density at radius 3 is 2.09 bits per heavy atom. The Kier molecular flexibility index (Phi) is 4.16. The summed E-state index contributed by atoms with van der Waals surface area (Å²) in [7, 11) is 0. The van der Waals surface area contributed by atoms with Gasteiger partial charge in [0.25, 0.3) is 0 Å². The molecule has 110 valence electrons. The normalized spacial score (nSPS) is 10.6. The fourth-order valence-electron chi connectivity index (χ4n) is 2.03. The van der Waals surface area contributed by atoms with E-state index < -0.39 is 0 Å². The third-order valence-electron chi connectivity index (χ3n) is 3.07. The molecule has 0 aliphatic carbocycles. The SMILES string of the molecule is Nc1nc(-c2ccc(Cl)cc2)c(C(=O)c2ccc(Cl)cc2)s1. The van der Waals surface area contributed by atoms with E-state index in [2.05, 4.69) is 4.98 Å². The van der Waals surface area contributed by atoms with Gasteiger partial charge in [0.1, 0.15) is 4.88 Å². The van der Waals surface area contributed by atoms with Crippen molar-refractivity contribution in [2.45, 2.75) is 0 Å². The molecular weight excluding hydrogens is 339 g/mol. The molecule has 0 fully saturated rings. The number of ketones is 1. The molecule has 1 heterocycles. The third kappa shape index (κ3) is 2.99. The lowest BCUT2D eigenvalue weighted by Gasteiger charge is -2.03. The predicted molar refractivity (Wildman–Crippen MR) is 91.9 cm³/mol. The summed E-state index contributed by atoms with van der Waals surface area (Å²) in [5, 5.41) is 1.55. The molecule has 22 heavy (non-hydrogen) atoms. The van der Waals surface area contributed by atoms with Crippen molar-refractivity contribution in [3.8, 4) is 11.3 Å². The van der Waals surface area contributed by atoms with Gasteiger partial charge in [-0.25, -0.2) is 4.98 Å². The Morgan fingerprint density at radius 1 is 0.955 bits per heavy atom. The Balaban J connectivity index is 2.06. The number of benzene rings is 2. The first-order valence-electron chi connectivity index (χ1n) is 6.37. The lowest BCUT2D eigenvalue weighted by molar-refractivity contribution is 0.104. The van der Waals surface area contributed by atoms with E-state index in [-0.39, 0.29) is 5.78 Å². The summed E-state index contributed by atoms with van der Waals surface area (Å²) < 4.78 is 0. The number of halogens is 2. The zero-order valence-corrected chi connectivity index (χ0v) is 13.5. The molecule has 0 amide bonds. The molecule has 3 aromatic rings. The Morgan fingerprint density at radius 2 is 1.50 bits per heavy atom. The predicted octanol–water partition coefficient (Wildman–Crippen LogP) is 4.93. The smallest absolute Gasteiger partial charge is 0.205 e. The number of thiazole rings is 1. The number of nitrogens with two attached hydrogens (primary N) is 1. The highest BCUT2D eigenvalue weighted by molar-refractivity contribution is 7.18. The van der Waals surface area contributed by atoms with Crippen molar-refractivity contribution in [2.75, 3.05) is 5.73 Å². The van der Waals surface area contributed by atoms with Crippen molar-refractivity contribution < 1.29 is 4.79 Å². The number of carbonyl (C=O) groups excluding carboxylic acids is 1. The fourth-order valence-corrected chi connectivity index (χ4v) is 3.10. The third-order valence-corrected chi connectivity index (χ3v) is 4.46. The van der Waals surface area contributed by atoms with Gasteiger partial charge in [-0.2, -0.15) is 0 Å². The topological polar surface area (TPSA) is 56.0 Å². The standard InChI is InChI=1S/C16H10Cl2N2OS/c17-11-5-1-9(2-6-11)13-15(22-16(19)20-13)14(21)10-3-7-12(18)8-4-10/h1-8H,(H2,19,20). The van der Waals surface area contributed by atoms with E-state index in [1.54, 1.807) is 36.4 Å². The zero-order valence-electron chi connectivity index (χ0n) is 11.2. The summed E-state index contributed by atoms with van der Waals surface area (Å²) >= 11 is 12.9. The van der Waals surface area contributed by atoms with Crippen molar-refractivity contribution in [2.24, 2.45) is 0 Å². The first-order chi connectivity index (χ1) is 10.5. The molecule has 0 spiro atoms. The second-order valence-electron chi connectivity index (χ2n) is 4.57. The van der Waals surface area contributed by atoms with Crippen molar-refractivity contribution in [1.29, 1.82) is 0 Å². The minimum atomic E-state index is -0.129. The highest BCUT2D eigenvalue weighted by Crippen LogP contribution is 2.32. The maximum absolute atomic E-state index is 12.7. The number of carbonyl (C=O) groups is 1. The van der Waals surface area contributed by atoms with Gasteiger partial charge >= 0.3 is 0 Å². The number of aromatic nitrogens is 1. The monoisotopic (exact) mass is 348 g/mol. The Hall–Kier alpha value is -1.88. The average Bonchev–Trinajstić information content (AvgIpc) is 2.90. The number of hydrogen-bond donors (Lipinski definition) is 1. The summed E-state index contributed by atoms with van der Waals surface area (Å²) in [4.78, 5) is 17.5. The van der Waals surface area contributed by atoms with Gasteiger partial charge in [0.2, 0.25) is 5.78 Å². The summed E-state index contributed by atoms with van der Waals surface area (Å²) in [6.45, 7) is 0. The first kappa shape index (κ1) is 15.0. The lowest BCUT2D eigenvalue weighted by Crippen LogP contribution is -2.00. The molecule has 0 radical (unpaired) electrons. The van der Waals surface area contributed by atoms with Crippen LogP contribution in [0.4, 0.5) is 5.13 Å². The molecule has 0 aliphatic rings. The zero-order chi connectivity index (χ0) is 15.7. The van der Waals surface area contributed by atoms with Crippen LogP contribution in [0.15, 0.2) is 48.5 Å². The fraction of sp³-hybridized carbons (Fsp3) is 0. The van der Waals surface area contributed by atoms with Gasteiger partial charge < -0.3 is 5.73 Å². The molecule has 3 nitrogen and oxygen atoms in total. The quantitative estimate of drug-likeness (QED) is 0.682. The van der Waals surface area contributed by atoms with Gasteiger partial charge in [-0.15, -0.1) is 0 Å². The van der Waals surface area contributed by atoms with Crippen molar-refractivity contribution >= 4 is 45.5 Å². The highest BCUT2D eigenvalue weighted by atomic mass is 35.5. The van der Waals surface area contributed by atoms with E-state index >= 15 is 0 Å². The molecule has 0 saturated carbocycles. The molecule has 0 saturated heterocycles. The first-order valence-corrected chi connectivity index (χ1v) is 7.94. The van der Waals surface area contributed by atoms with Crippen LogP contribution < -0.4 is 5.73 Å². The van der Waals surface area contributed by atoms with Gasteiger partial charge in [0.15, 0.2) is 5.13 Å². The molecule has 0 unspecified atom stereocenters. The van der Waals surface area contributed by atoms with Crippen LogP contribution in [0.1, 0.15) is 15.2 Å². The second-order valence-corrected chi connectivity index (χ2v) is 6.48. The van der Waals surface area contributed by atoms with E-state index in [4.69, 9.17) is 28.9 Å². The van der Waals surface area contributed by atoms with Crippen LogP contribution in [0.2, 0.25) is 10.0 Å². The second kappa shape index (κ2) is 6.08. The molecule has 2 aromatic carbocycles. The minimum absolute atomic E-state index is 0.129. The molecule has 0 bridgehead atoms. The van der Waals surface area contributed by atoms with Crippen molar-refractivity contribution in [1.82, 2.24) is 4.98 Å². The number of anilines is 1. The Bertz CT molecular complexity index is 826. The minimum Gasteiger partial charge on any atom is -0.375 e. The summed E-state index contributed by atoms with van der Waals surface area (Å²) in [6, 6.07) is 13.9. The van der Waals surface area contributed by atoms with E-state index in [0.29, 0.717) is 31.3 Å². The van der Waals surface area contributed by atoms with Gasteiger partial charge in [0, 0.05) is 21.2 Å². The van der Waals surface area contributed by atoms with Crippen LogP contribution in [0, 0.1) is 0 Å². The Labute approximate surface area is 141 Å². The largest absolute Gasteiger partial charge is 0.375 e. The van der Waals surface area contributed by atoms with Crippen LogP contribution in [-0.4, -0.2) is 10.8 Å². The van der Waals surface area contributed by atoms with Crippen molar-refractivity contribution in [3.05, 3.63) is 69.0 Å². The van der Waals surface area contributed by atoms with Crippen LogP contribution >= 0.6 is 34.5 Å². The molecule has 6 heteroatoms. The molecular formula is C16H10Cl2N2OS. The van der Waals surface area contributed by atoms with Crippen LogP contribution in [-0.2, 0) is 0 Å². The van der Waals surface area contributed by atoms with Crippen LogP contribution in [0.25, 0.3) is 11.3 Å². The van der Waals surface area contributed by atoms with Gasteiger partial charge in [-0.3, -0.25) is 4.79 Å². The number of nitrogens with zero attached hydrogens (tertiary/aromatic N) is 1. The lowest BCUT2D eigenvalue weighted by atomic mass is 10.1. The van der Waals surface area contributed by atoms with Crippen LogP contribution in [0.3, 0.4) is 0 Å². The van der Waals surface area contributed by atoms with Gasteiger partial charge in [0.05, 0.1) is 5.69 Å². The summed E-state index contributed by atoms with van der Waals surface area (Å²) in [5.74, 6) is -0.129. The maximum Gasteiger partial charge on any atom is 0.205 e. The molecule has 0 aliphatic heterocycles. The van der Waals surface area contributed by atoms with Gasteiger partial charge in [-0.05, 0) is 36.4 Å². The van der Waals surface area contributed by atoms with E-state index in [0.717, 1.165) is 5.56 Å². The molecule has 1 aromatic heterocycles.